The van der Waals surface area contributed by atoms with Gasteiger partial charge in [0, 0.05) is 23.2 Å². The molecular formula is C37H36F3NO5S. The maximum Gasteiger partial charge on any atom is 0.264 e. The summed E-state index contributed by atoms with van der Waals surface area (Å²) in [5.41, 5.74) is 3.50. The first-order valence-corrected chi connectivity index (χ1v) is 16.6. The first-order chi connectivity index (χ1) is 22.1. The third-order valence-corrected chi connectivity index (χ3v) is 8.26. The van der Waals surface area contributed by atoms with Crippen molar-refractivity contribution >= 4 is 33.6 Å². The normalized spacial score (nSPS) is 12.7. The lowest BCUT2D eigenvalue weighted by Crippen LogP contribution is -2.23. The van der Waals surface area contributed by atoms with Crippen molar-refractivity contribution in [1.29, 1.82) is 0 Å². The third-order valence-electron chi connectivity index (χ3n) is 7.45. The Labute approximate surface area is 273 Å². The standard InChI is InChI=1S/C37H36F3NO5S/c1-37(2,3)21-20-24-6-10-27(11-7-24)31(23-25-8-12-28(13-9-25)33(42)5-4-22-47(44,45)46)36(43)41-29-16-14-26(15-17-29)30-18-19-32(38)35(40)34(30)39/h6-21,31H,4-5,22-23H2,1-3H3,(H,41,43)(H,44,45,46)/b21-20+. The SMILES string of the molecule is CC(C)(C)/C=C/c1ccc(C(Cc2ccc(C(=O)CCCS(=O)(=O)O)cc2)C(=O)Nc2ccc(-c3ccc(F)c(F)c3F)cc2)cc1. The van der Waals surface area contributed by atoms with Crippen molar-refractivity contribution < 1.29 is 35.7 Å². The number of carbonyl (C=O) groups excluding carboxylic acids is 2. The predicted molar refractivity (Wildman–Crippen MR) is 178 cm³/mol. The smallest absolute Gasteiger partial charge is 0.264 e. The molecule has 1 atom stereocenters. The molecule has 0 aliphatic carbocycles. The summed E-state index contributed by atoms with van der Waals surface area (Å²) in [5.74, 6) is -5.86. The van der Waals surface area contributed by atoms with Gasteiger partial charge in [-0.1, -0.05) is 93.6 Å². The minimum Gasteiger partial charge on any atom is -0.326 e. The average Bonchev–Trinajstić information content (AvgIpc) is 3.01. The van der Waals surface area contributed by atoms with Crippen LogP contribution in [0.1, 0.15) is 66.6 Å². The number of hydrogen-bond donors (Lipinski definition) is 2. The largest absolute Gasteiger partial charge is 0.326 e. The zero-order chi connectivity index (χ0) is 34.4. The molecule has 4 aromatic carbocycles. The highest BCUT2D eigenvalue weighted by molar-refractivity contribution is 7.85. The highest BCUT2D eigenvalue weighted by Crippen LogP contribution is 2.29. The van der Waals surface area contributed by atoms with Gasteiger partial charge in [-0.3, -0.25) is 14.1 Å². The van der Waals surface area contributed by atoms with E-state index in [1.165, 1.54) is 12.1 Å². The summed E-state index contributed by atoms with van der Waals surface area (Å²) in [6, 6.07) is 22.4. The predicted octanol–water partition coefficient (Wildman–Crippen LogP) is 8.65. The highest BCUT2D eigenvalue weighted by atomic mass is 32.2. The molecule has 0 saturated heterocycles. The molecule has 1 amide bonds. The summed E-state index contributed by atoms with van der Waals surface area (Å²) < 4.78 is 72.3. The van der Waals surface area contributed by atoms with Crippen LogP contribution in [-0.4, -0.2) is 30.4 Å². The van der Waals surface area contributed by atoms with E-state index in [0.29, 0.717) is 23.2 Å². The summed E-state index contributed by atoms with van der Waals surface area (Å²) in [5, 5.41) is 2.89. The van der Waals surface area contributed by atoms with Crippen LogP contribution in [0, 0.1) is 22.9 Å². The number of nitrogens with one attached hydrogen (secondary N) is 1. The van der Waals surface area contributed by atoms with Gasteiger partial charge in [0.15, 0.2) is 23.2 Å². The third kappa shape index (κ3) is 10.2. The Balaban J connectivity index is 1.55. The molecule has 47 heavy (non-hydrogen) atoms. The van der Waals surface area contributed by atoms with Crippen molar-refractivity contribution in [2.75, 3.05) is 11.1 Å². The molecule has 2 N–H and O–H groups in total. The van der Waals surface area contributed by atoms with E-state index in [2.05, 4.69) is 32.2 Å². The van der Waals surface area contributed by atoms with Crippen LogP contribution in [0.5, 0.6) is 0 Å². The van der Waals surface area contributed by atoms with Crippen LogP contribution in [0.25, 0.3) is 17.2 Å². The fraction of sp³-hybridized carbons (Fsp3) is 0.243. The summed E-state index contributed by atoms with van der Waals surface area (Å²) in [6.07, 6.45) is 4.36. The molecule has 0 bridgehead atoms. The molecule has 0 saturated carbocycles. The van der Waals surface area contributed by atoms with E-state index in [4.69, 9.17) is 4.55 Å². The van der Waals surface area contributed by atoms with Crippen molar-refractivity contribution in [2.24, 2.45) is 5.41 Å². The van der Waals surface area contributed by atoms with Gasteiger partial charge >= 0.3 is 0 Å². The summed E-state index contributed by atoms with van der Waals surface area (Å²) in [7, 11) is -4.15. The molecule has 1 unspecified atom stereocenters. The lowest BCUT2D eigenvalue weighted by atomic mass is 9.89. The summed E-state index contributed by atoms with van der Waals surface area (Å²) >= 11 is 0. The van der Waals surface area contributed by atoms with Crippen molar-refractivity contribution in [3.63, 3.8) is 0 Å². The fourth-order valence-electron chi connectivity index (χ4n) is 4.88. The minimum absolute atomic E-state index is 0.000688. The zero-order valence-electron chi connectivity index (χ0n) is 26.3. The molecule has 0 heterocycles. The molecule has 10 heteroatoms. The average molecular weight is 664 g/mol. The maximum atomic E-state index is 14.3. The lowest BCUT2D eigenvalue weighted by Gasteiger charge is -2.19. The van der Waals surface area contributed by atoms with Crippen LogP contribution in [0.2, 0.25) is 0 Å². The van der Waals surface area contributed by atoms with E-state index < -0.39 is 39.2 Å². The van der Waals surface area contributed by atoms with E-state index in [1.807, 2.05) is 30.3 Å². The van der Waals surface area contributed by atoms with E-state index in [9.17, 15) is 31.2 Å². The van der Waals surface area contributed by atoms with E-state index >= 15 is 0 Å². The molecule has 0 aliphatic heterocycles. The van der Waals surface area contributed by atoms with E-state index in [0.717, 1.165) is 28.8 Å². The molecular weight excluding hydrogens is 627 g/mol. The van der Waals surface area contributed by atoms with Gasteiger partial charge in [-0.25, -0.2) is 13.2 Å². The Bertz CT molecular complexity index is 1860. The Morgan fingerprint density at radius 1 is 0.851 bits per heavy atom. The van der Waals surface area contributed by atoms with Crippen LogP contribution < -0.4 is 5.32 Å². The van der Waals surface area contributed by atoms with Gasteiger partial charge < -0.3 is 5.32 Å². The first kappa shape index (κ1) is 35.3. The summed E-state index contributed by atoms with van der Waals surface area (Å²) in [6.45, 7) is 6.28. The number of rotatable bonds is 12. The number of Topliss-reactive ketones (excluding diaryl/α,β-unsaturated/α-hetero) is 1. The molecule has 0 spiro atoms. The van der Waals surface area contributed by atoms with Crippen LogP contribution >= 0.6 is 0 Å². The molecule has 4 rings (SSSR count). The topological polar surface area (TPSA) is 101 Å². The maximum absolute atomic E-state index is 14.3. The first-order valence-electron chi connectivity index (χ1n) is 15.0. The van der Waals surface area contributed by atoms with Gasteiger partial charge in [-0.15, -0.1) is 0 Å². The van der Waals surface area contributed by atoms with Crippen molar-refractivity contribution in [3.05, 3.63) is 131 Å². The van der Waals surface area contributed by atoms with Crippen LogP contribution in [-0.2, 0) is 21.3 Å². The van der Waals surface area contributed by atoms with Crippen LogP contribution in [0.4, 0.5) is 18.9 Å². The fourth-order valence-corrected chi connectivity index (χ4v) is 5.39. The van der Waals surface area contributed by atoms with Crippen LogP contribution in [0.3, 0.4) is 0 Å². The molecule has 6 nitrogen and oxygen atoms in total. The number of ketones is 1. The molecule has 0 radical (unpaired) electrons. The van der Waals surface area contributed by atoms with Gasteiger partial charge in [0.1, 0.15) is 0 Å². The Kier molecular flexibility index (Phi) is 11.2. The number of hydrogen-bond acceptors (Lipinski definition) is 4. The second-order valence-corrected chi connectivity index (χ2v) is 14.0. The van der Waals surface area contributed by atoms with Crippen LogP contribution in [0.15, 0.2) is 91.0 Å². The lowest BCUT2D eigenvalue weighted by molar-refractivity contribution is -0.117. The molecule has 4 aromatic rings. The summed E-state index contributed by atoms with van der Waals surface area (Å²) in [4.78, 5) is 26.2. The quantitative estimate of drug-likeness (QED) is 0.0898. The van der Waals surface area contributed by atoms with Crippen molar-refractivity contribution in [1.82, 2.24) is 0 Å². The number of allylic oxidation sites excluding steroid dienone is 1. The van der Waals surface area contributed by atoms with Crippen molar-refractivity contribution in [2.45, 2.75) is 46.0 Å². The molecule has 246 valence electrons. The van der Waals surface area contributed by atoms with Gasteiger partial charge in [0.2, 0.25) is 5.91 Å². The molecule has 0 aliphatic rings. The number of halogens is 3. The van der Waals surface area contributed by atoms with E-state index in [-0.39, 0.29) is 35.5 Å². The van der Waals surface area contributed by atoms with Gasteiger partial charge in [-0.2, -0.15) is 8.42 Å². The molecule has 0 fully saturated rings. The number of anilines is 1. The Morgan fingerprint density at radius 2 is 1.49 bits per heavy atom. The highest BCUT2D eigenvalue weighted by Gasteiger charge is 2.22. The second-order valence-electron chi connectivity index (χ2n) is 12.4. The van der Waals surface area contributed by atoms with Gasteiger partial charge in [0.05, 0.1) is 11.7 Å². The van der Waals surface area contributed by atoms with Crippen molar-refractivity contribution in [3.8, 4) is 11.1 Å². The monoisotopic (exact) mass is 663 g/mol. The number of carbonyl (C=O) groups is 2. The van der Waals surface area contributed by atoms with Gasteiger partial charge in [0.25, 0.3) is 10.1 Å². The molecule has 0 aromatic heterocycles. The number of benzene rings is 4. The second kappa shape index (κ2) is 14.9. The van der Waals surface area contributed by atoms with E-state index in [1.54, 1.807) is 36.4 Å². The van der Waals surface area contributed by atoms with Gasteiger partial charge in [-0.05, 0) is 64.8 Å². The Hall–Kier alpha value is -4.54. The minimum atomic E-state index is -4.15. The number of amides is 1. The zero-order valence-corrected chi connectivity index (χ0v) is 27.1. The Morgan fingerprint density at radius 3 is 2.09 bits per heavy atom.